The molecule has 0 aliphatic heterocycles. The first kappa shape index (κ1) is 19.1. The third-order valence-corrected chi connectivity index (χ3v) is 6.91. The van der Waals surface area contributed by atoms with Crippen molar-refractivity contribution in [3.05, 3.63) is 90.5 Å². The highest BCUT2D eigenvalue weighted by molar-refractivity contribution is 7.93. The van der Waals surface area contributed by atoms with E-state index >= 15 is 0 Å². The molecule has 140 valence electrons. The Hall–Kier alpha value is -2.64. The first-order valence-electron chi connectivity index (χ1n) is 8.20. The van der Waals surface area contributed by atoms with Crippen LogP contribution in [0.15, 0.2) is 94.7 Å². The van der Waals surface area contributed by atoms with Crippen LogP contribution in [0.5, 0.6) is 0 Å². The zero-order valence-corrected chi connectivity index (χ0v) is 16.3. The van der Waals surface area contributed by atoms with Gasteiger partial charge >= 0.3 is 0 Å². The third kappa shape index (κ3) is 4.37. The summed E-state index contributed by atoms with van der Waals surface area (Å²) in [4.78, 5) is -0.0958. The molecule has 3 aromatic rings. The SMILES string of the molecule is CS(=O)(=O)c1cccc(S(=O)(=O)N(Cc2ccccc2)c2ccccc2)c1. The van der Waals surface area contributed by atoms with E-state index in [1.165, 1.54) is 28.6 Å². The number of sulfone groups is 1. The summed E-state index contributed by atoms with van der Waals surface area (Å²) >= 11 is 0. The fraction of sp³-hybridized carbons (Fsp3) is 0.100. The van der Waals surface area contributed by atoms with Crippen LogP contribution >= 0.6 is 0 Å². The van der Waals surface area contributed by atoms with E-state index in [0.717, 1.165) is 11.8 Å². The summed E-state index contributed by atoms with van der Waals surface area (Å²) in [6.45, 7) is 0.135. The Balaban J connectivity index is 2.11. The number of benzene rings is 3. The number of anilines is 1. The van der Waals surface area contributed by atoms with Gasteiger partial charge in [0.15, 0.2) is 9.84 Å². The van der Waals surface area contributed by atoms with Gasteiger partial charge in [0.1, 0.15) is 0 Å². The first-order valence-corrected chi connectivity index (χ1v) is 11.5. The molecule has 0 aromatic heterocycles. The smallest absolute Gasteiger partial charge is 0.262 e. The zero-order valence-electron chi connectivity index (χ0n) is 14.7. The first-order chi connectivity index (χ1) is 12.8. The van der Waals surface area contributed by atoms with Crippen LogP contribution in [-0.4, -0.2) is 23.1 Å². The second-order valence-corrected chi connectivity index (χ2v) is 9.96. The van der Waals surface area contributed by atoms with Crippen molar-refractivity contribution in [2.75, 3.05) is 10.6 Å². The standard InChI is InChI=1S/C20H19NO4S2/c1-26(22,23)19-13-8-14-20(15-19)27(24,25)21(18-11-6-3-7-12-18)16-17-9-4-2-5-10-17/h2-15H,16H2,1H3. The molecule has 3 aromatic carbocycles. The molecule has 0 N–H and O–H groups in total. The molecular weight excluding hydrogens is 382 g/mol. The minimum atomic E-state index is -3.97. The van der Waals surface area contributed by atoms with Gasteiger partial charge in [-0.25, -0.2) is 16.8 Å². The van der Waals surface area contributed by atoms with E-state index in [-0.39, 0.29) is 16.3 Å². The summed E-state index contributed by atoms with van der Waals surface area (Å²) in [5, 5.41) is 0. The number of hydrogen-bond donors (Lipinski definition) is 0. The van der Waals surface area contributed by atoms with Crippen molar-refractivity contribution in [3.8, 4) is 0 Å². The van der Waals surface area contributed by atoms with Crippen molar-refractivity contribution in [2.24, 2.45) is 0 Å². The molecule has 0 unspecified atom stereocenters. The molecule has 0 heterocycles. The number of para-hydroxylation sites is 1. The van der Waals surface area contributed by atoms with Crippen molar-refractivity contribution in [2.45, 2.75) is 16.3 Å². The fourth-order valence-electron chi connectivity index (χ4n) is 2.65. The Morgan fingerprint density at radius 3 is 1.85 bits per heavy atom. The van der Waals surface area contributed by atoms with Crippen molar-refractivity contribution < 1.29 is 16.8 Å². The van der Waals surface area contributed by atoms with Gasteiger partial charge in [0.2, 0.25) is 0 Å². The predicted octanol–water partition coefficient (Wildman–Crippen LogP) is 3.49. The van der Waals surface area contributed by atoms with Crippen LogP contribution in [0.25, 0.3) is 0 Å². The van der Waals surface area contributed by atoms with Crippen molar-refractivity contribution in [1.29, 1.82) is 0 Å². The predicted molar refractivity (Wildman–Crippen MR) is 106 cm³/mol. The summed E-state index contributed by atoms with van der Waals surface area (Å²) in [5.41, 5.74) is 1.33. The third-order valence-electron chi connectivity index (χ3n) is 4.03. The Bertz CT molecular complexity index is 1130. The van der Waals surface area contributed by atoms with Gasteiger partial charge in [-0.2, -0.15) is 0 Å². The summed E-state index contributed by atoms with van der Waals surface area (Å²) in [6.07, 6.45) is 1.05. The normalized spacial score (nSPS) is 11.9. The maximum atomic E-state index is 13.3. The quantitative estimate of drug-likeness (QED) is 0.634. The molecule has 0 radical (unpaired) electrons. The van der Waals surface area contributed by atoms with E-state index in [4.69, 9.17) is 0 Å². The van der Waals surface area contributed by atoms with Crippen LogP contribution in [0.4, 0.5) is 5.69 Å². The Kier molecular flexibility index (Phi) is 5.34. The van der Waals surface area contributed by atoms with E-state index < -0.39 is 19.9 Å². The highest BCUT2D eigenvalue weighted by Crippen LogP contribution is 2.27. The lowest BCUT2D eigenvalue weighted by Crippen LogP contribution is -2.30. The van der Waals surface area contributed by atoms with E-state index in [1.807, 2.05) is 30.3 Å². The van der Waals surface area contributed by atoms with E-state index in [9.17, 15) is 16.8 Å². The van der Waals surface area contributed by atoms with Gasteiger partial charge in [-0.1, -0.05) is 54.6 Å². The van der Waals surface area contributed by atoms with Gasteiger partial charge in [-0.3, -0.25) is 4.31 Å². The summed E-state index contributed by atoms with van der Waals surface area (Å²) < 4.78 is 51.6. The summed E-state index contributed by atoms with van der Waals surface area (Å²) in [6, 6.07) is 23.4. The lowest BCUT2D eigenvalue weighted by atomic mass is 10.2. The Morgan fingerprint density at radius 2 is 1.26 bits per heavy atom. The van der Waals surface area contributed by atoms with Gasteiger partial charge in [0.25, 0.3) is 10.0 Å². The van der Waals surface area contributed by atoms with E-state index in [1.54, 1.807) is 30.3 Å². The molecule has 0 spiro atoms. The number of rotatable bonds is 6. The highest BCUT2D eigenvalue weighted by Gasteiger charge is 2.26. The highest BCUT2D eigenvalue weighted by atomic mass is 32.2. The maximum Gasteiger partial charge on any atom is 0.264 e. The molecule has 0 amide bonds. The van der Waals surface area contributed by atoms with Crippen LogP contribution in [-0.2, 0) is 26.4 Å². The minimum Gasteiger partial charge on any atom is -0.262 e. The van der Waals surface area contributed by atoms with Gasteiger partial charge in [-0.15, -0.1) is 0 Å². The van der Waals surface area contributed by atoms with Crippen molar-refractivity contribution in [3.63, 3.8) is 0 Å². The number of hydrogen-bond acceptors (Lipinski definition) is 4. The molecule has 0 bridgehead atoms. The molecule has 0 atom stereocenters. The molecule has 27 heavy (non-hydrogen) atoms. The van der Waals surface area contributed by atoms with Crippen LogP contribution in [0.2, 0.25) is 0 Å². The molecule has 0 saturated carbocycles. The second-order valence-electron chi connectivity index (χ2n) is 6.08. The lowest BCUT2D eigenvalue weighted by molar-refractivity contribution is 0.590. The zero-order chi connectivity index (χ0) is 19.5. The van der Waals surface area contributed by atoms with Gasteiger partial charge < -0.3 is 0 Å². The van der Waals surface area contributed by atoms with Gasteiger partial charge in [-0.05, 0) is 35.9 Å². The van der Waals surface area contributed by atoms with Crippen molar-refractivity contribution in [1.82, 2.24) is 0 Å². The number of sulfonamides is 1. The van der Waals surface area contributed by atoms with Gasteiger partial charge in [0.05, 0.1) is 22.0 Å². The summed E-state index contributed by atoms with van der Waals surface area (Å²) in [7, 11) is -7.48. The summed E-state index contributed by atoms with van der Waals surface area (Å²) in [5.74, 6) is 0. The maximum absolute atomic E-state index is 13.3. The van der Waals surface area contributed by atoms with Crippen molar-refractivity contribution >= 4 is 25.5 Å². The molecule has 0 aliphatic rings. The Labute approximate surface area is 159 Å². The van der Waals surface area contributed by atoms with E-state index in [0.29, 0.717) is 5.69 Å². The fourth-order valence-corrected chi connectivity index (χ4v) is 4.89. The van der Waals surface area contributed by atoms with Crippen LogP contribution < -0.4 is 4.31 Å². The molecule has 0 fully saturated rings. The van der Waals surface area contributed by atoms with Crippen LogP contribution in [0.1, 0.15) is 5.56 Å². The second kappa shape index (κ2) is 7.54. The largest absolute Gasteiger partial charge is 0.264 e. The van der Waals surface area contributed by atoms with Gasteiger partial charge in [0, 0.05) is 6.26 Å². The number of nitrogens with zero attached hydrogens (tertiary/aromatic N) is 1. The Morgan fingerprint density at radius 1 is 0.704 bits per heavy atom. The van der Waals surface area contributed by atoms with Crippen LogP contribution in [0, 0.1) is 0 Å². The molecule has 3 rings (SSSR count). The average Bonchev–Trinajstić information content (AvgIpc) is 2.67. The molecular formula is C20H19NO4S2. The topological polar surface area (TPSA) is 71.5 Å². The molecule has 5 nitrogen and oxygen atoms in total. The average molecular weight is 402 g/mol. The van der Waals surface area contributed by atoms with Crippen LogP contribution in [0.3, 0.4) is 0 Å². The monoisotopic (exact) mass is 401 g/mol. The minimum absolute atomic E-state index is 0.0312. The molecule has 7 heteroatoms. The molecule has 0 saturated heterocycles. The molecule has 0 aliphatic carbocycles. The lowest BCUT2D eigenvalue weighted by Gasteiger charge is -2.25. The van der Waals surface area contributed by atoms with E-state index in [2.05, 4.69) is 0 Å².